The molecule has 4 aromatic rings. The number of rotatable bonds is 2. The molecule has 0 saturated carbocycles. The van der Waals surface area contributed by atoms with Gasteiger partial charge in [-0.15, -0.1) is 0 Å². The Hall–Kier alpha value is -2.80. The van der Waals surface area contributed by atoms with Gasteiger partial charge in [-0.1, -0.05) is 66.2 Å². The van der Waals surface area contributed by atoms with E-state index in [2.05, 4.69) is 73.7 Å². The van der Waals surface area contributed by atoms with Crippen LogP contribution in [0.1, 0.15) is 5.56 Å². The number of ether oxygens (including phenoxy) is 1. The van der Waals surface area contributed by atoms with E-state index < -0.39 is 0 Å². The minimum atomic E-state index is 0.868. The second kappa shape index (κ2) is 5.19. The quantitative estimate of drug-likeness (QED) is 0.404. The van der Waals surface area contributed by atoms with Crippen molar-refractivity contribution in [3.05, 3.63) is 84.4 Å². The van der Waals surface area contributed by atoms with Crippen molar-refractivity contribution in [2.45, 2.75) is 6.92 Å². The van der Waals surface area contributed by atoms with Crippen LogP contribution in [-0.2, 0) is 0 Å². The maximum atomic E-state index is 6.26. The zero-order valence-electron chi connectivity index (χ0n) is 12.4. The van der Waals surface area contributed by atoms with Crippen molar-refractivity contribution in [2.75, 3.05) is 0 Å². The number of aryl methyl sites for hydroxylation is 1. The first-order chi connectivity index (χ1) is 10.8. The first-order valence-corrected chi connectivity index (χ1v) is 7.46. The molecular formula is C21H16O. The lowest BCUT2D eigenvalue weighted by atomic mass is 10.0. The molecule has 4 rings (SSSR count). The van der Waals surface area contributed by atoms with Gasteiger partial charge in [0.2, 0.25) is 0 Å². The average molecular weight is 284 g/mol. The first kappa shape index (κ1) is 12.9. The van der Waals surface area contributed by atoms with Gasteiger partial charge in [-0.05, 0) is 35.9 Å². The maximum absolute atomic E-state index is 6.26. The Morgan fingerprint density at radius 1 is 0.636 bits per heavy atom. The van der Waals surface area contributed by atoms with Crippen LogP contribution in [0, 0.1) is 6.92 Å². The van der Waals surface area contributed by atoms with Crippen LogP contribution in [-0.4, -0.2) is 0 Å². The smallest absolute Gasteiger partial charge is 0.143 e. The maximum Gasteiger partial charge on any atom is 0.143 e. The third-order valence-electron chi connectivity index (χ3n) is 3.96. The molecule has 0 heterocycles. The number of benzene rings is 4. The van der Waals surface area contributed by atoms with Gasteiger partial charge in [0.25, 0.3) is 0 Å². The van der Waals surface area contributed by atoms with Crippen LogP contribution in [0.3, 0.4) is 0 Å². The highest BCUT2D eigenvalue weighted by Crippen LogP contribution is 2.37. The predicted molar refractivity (Wildman–Crippen MR) is 92.7 cm³/mol. The second-order valence-electron chi connectivity index (χ2n) is 5.56. The van der Waals surface area contributed by atoms with E-state index in [-0.39, 0.29) is 0 Å². The molecule has 1 nitrogen and oxygen atoms in total. The largest absolute Gasteiger partial charge is 0.456 e. The molecule has 0 amide bonds. The zero-order chi connectivity index (χ0) is 14.9. The molecule has 0 N–H and O–H groups in total. The summed E-state index contributed by atoms with van der Waals surface area (Å²) in [6, 6.07) is 27.1. The van der Waals surface area contributed by atoms with Gasteiger partial charge in [0.15, 0.2) is 0 Å². The number of fused-ring (bicyclic) bond motifs is 2. The molecule has 1 heteroatoms. The van der Waals surface area contributed by atoms with E-state index in [0.29, 0.717) is 0 Å². The van der Waals surface area contributed by atoms with E-state index in [1.165, 1.54) is 16.3 Å². The highest BCUT2D eigenvalue weighted by Gasteiger charge is 2.09. The molecule has 0 bridgehead atoms. The second-order valence-corrected chi connectivity index (χ2v) is 5.56. The van der Waals surface area contributed by atoms with E-state index in [9.17, 15) is 0 Å². The fraction of sp³-hybridized carbons (Fsp3) is 0.0476. The molecule has 0 fully saturated rings. The molecule has 0 aliphatic carbocycles. The molecule has 4 aromatic carbocycles. The van der Waals surface area contributed by atoms with Gasteiger partial charge in [0, 0.05) is 10.8 Å². The minimum absolute atomic E-state index is 0.868. The monoisotopic (exact) mass is 284 g/mol. The predicted octanol–water partition coefficient (Wildman–Crippen LogP) is 6.09. The Kier molecular flexibility index (Phi) is 3.05. The van der Waals surface area contributed by atoms with Crippen molar-refractivity contribution in [3.63, 3.8) is 0 Å². The third-order valence-corrected chi connectivity index (χ3v) is 3.96. The summed E-state index contributed by atoms with van der Waals surface area (Å²) in [5, 5.41) is 4.68. The van der Waals surface area contributed by atoms with Crippen LogP contribution in [0.4, 0.5) is 0 Å². The van der Waals surface area contributed by atoms with E-state index in [0.717, 1.165) is 22.3 Å². The van der Waals surface area contributed by atoms with Crippen LogP contribution < -0.4 is 4.74 Å². The zero-order valence-corrected chi connectivity index (χ0v) is 12.4. The third kappa shape index (κ3) is 2.21. The Labute approximate surface area is 129 Å². The normalized spacial score (nSPS) is 11.0. The standard InChI is InChI=1S/C21H16O/c1-15-10-12-18(13-11-15)22-21-19-8-4-2-6-16(19)14-17-7-3-5-9-20(17)21/h2-14H,1H3. The summed E-state index contributed by atoms with van der Waals surface area (Å²) in [5.41, 5.74) is 1.23. The number of hydrogen-bond donors (Lipinski definition) is 0. The number of hydrogen-bond acceptors (Lipinski definition) is 1. The van der Waals surface area contributed by atoms with Crippen molar-refractivity contribution < 1.29 is 4.74 Å². The summed E-state index contributed by atoms with van der Waals surface area (Å²) < 4.78 is 6.26. The van der Waals surface area contributed by atoms with Crippen LogP contribution >= 0.6 is 0 Å². The molecule has 0 aliphatic rings. The lowest BCUT2D eigenvalue weighted by Gasteiger charge is -2.13. The molecule has 106 valence electrons. The highest BCUT2D eigenvalue weighted by atomic mass is 16.5. The van der Waals surface area contributed by atoms with E-state index >= 15 is 0 Å². The van der Waals surface area contributed by atoms with Crippen molar-refractivity contribution in [1.82, 2.24) is 0 Å². The molecule has 0 spiro atoms. The van der Waals surface area contributed by atoms with Gasteiger partial charge in [-0.3, -0.25) is 0 Å². The van der Waals surface area contributed by atoms with Crippen molar-refractivity contribution in [1.29, 1.82) is 0 Å². The van der Waals surface area contributed by atoms with E-state index in [4.69, 9.17) is 4.74 Å². The highest BCUT2D eigenvalue weighted by molar-refractivity contribution is 6.05. The van der Waals surface area contributed by atoms with Gasteiger partial charge in [0.1, 0.15) is 11.5 Å². The van der Waals surface area contributed by atoms with Crippen molar-refractivity contribution in [2.24, 2.45) is 0 Å². The summed E-state index contributed by atoms with van der Waals surface area (Å²) in [6.07, 6.45) is 0. The molecule has 0 aliphatic heterocycles. The Bertz CT molecular complexity index is 898. The topological polar surface area (TPSA) is 9.23 Å². The van der Waals surface area contributed by atoms with Crippen LogP contribution in [0.2, 0.25) is 0 Å². The minimum Gasteiger partial charge on any atom is -0.456 e. The lowest BCUT2D eigenvalue weighted by molar-refractivity contribution is 0.493. The molecule has 0 radical (unpaired) electrons. The van der Waals surface area contributed by atoms with Gasteiger partial charge in [-0.2, -0.15) is 0 Å². The van der Waals surface area contributed by atoms with Crippen LogP contribution in [0.25, 0.3) is 21.5 Å². The summed E-state index contributed by atoms with van der Waals surface area (Å²) >= 11 is 0. The Morgan fingerprint density at radius 3 is 1.77 bits per heavy atom. The SMILES string of the molecule is Cc1ccc(Oc2c3ccccc3cc3ccccc23)cc1. The molecule has 0 aromatic heterocycles. The molecule has 0 atom stereocenters. The molecule has 22 heavy (non-hydrogen) atoms. The summed E-state index contributed by atoms with van der Waals surface area (Å²) in [5.74, 6) is 1.80. The molecular weight excluding hydrogens is 268 g/mol. The fourth-order valence-corrected chi connectivity index (χ4v) is 2.81. The first-order valence-electron chi connectivity index (χ1n) is 7.46. The van der Waals surface area contributed by atoms with Gasteiger partial charge in [-0.25, -0.2) is 0 Å². The summed E-state index contributed by atoms with van der Waals surface area (Å²) in [6.45, 7) is 2.08. The lowest BCUT2D eigenvalue weighted by Crippen LogP contribution is -1.88. The van der Waals surface area contributed by atoms with E-state index in [1.807, 2.05) is 12.1 Å². The van der Waals surface area contributed by atoms with Crippen LogP contribution in [0.5, 0.6) is 11.5 Å². The Morgan fingerprint density at radius 2 is 1.18 bits per heavy atom. The van der Waals surface area contributed by atoms with Crippen molar-refractivity contribution >= 4 is 21.5 Å². The van der Waals surface area contributed by atoms with Gasteiger partial charge < -0.3 is 4.74 Å². The summed E-state index contributed by atoms with van der Waals surface area (Å²) in [7, 11) is 0. The van der Waals surface area contributed by atoms with E-state index in [1.54, 1.807) is 0 Å². The van der Waals surface area contributed by atoms with Crippen molar-refractivity contribution in [3.8, 4) is 11.5 Å². The summed E-state index contributed by atoms with van der Waals surface area (Å²) in [4.78, 5) is 0. The van der Waals surface area contributed by atoms with Gasteiger partial charge >= 0.3 is 0 Å². The molecule has 0 saturated heterocycles. The Balaban J connectivity index is 1.97. The fourth-order valence-electron chi connectivity index (χ4n) is 2.81. The molecule has 0 unspecified atom stereocenters. The van der Waals surface area contributed by atoms with Crippen LogP contribution in [0.15, 0.2) is 78.9 Å². The van der Waals surface area contributed by atoms with Gasteiger partial charge in [0.05, 0.1) is 0 Å². The average Bonchev–Trinajstić information content (AvgIpc) is 2.56.